The largest absolute Gasteiger partial charge is 0.497 e. The average Bonchev–Trinajstić information content (AvgIpc) is 2.83. The molecule has 6 nitrogen and oxygen atoms in total. The third kappa shape index (κ3) is 4.64. The number of carbonyl (C=O) groups excluding carboxylic acids is 1. The third-order valence-corrected chi connectivity index (χ3v) is 4.93. The summed E-state index contributed by atoms with van der Waals surface area (Å²) in [5, 5.41) is 0.384. The Morgan fingerprint density at radius 1 is 0.969 bits per heavy atom. The Morgan fingerprint density at radius 2 is 1.72 bits per heavy atom. The van der Waals surface area contributed by atoms with Crippen LogP contribution in [0.3, 0.4) is 0 Å². The molecule has 0 aliphatic carbocycles. The van der Waals surface area contributed by atoms with Crippen molar-refractivity contribution in [2.24, 2.45) is 0 Å². The third-order valence-electron chi connectivity index (χ3n) is 4.93. The number of hydrogen-bond donors (Lipinski definition) is 0. The predicted octanol–water partition coefficient (Wildman–Crippen LogP) is 4.90. The molecule has 0 aliphatic heterocycles. The van der Waals surface area contributed by atoms with E-state index in [0.29, 0.717) is 22.3 Å². The van der Waals surface area contributed by atoms with Crippen LogP contribution in [0.25, 0.3) is 22.3 Å². The highest BCUT2D eigenvalue weighted by atomic mass is 16.6. The van der Waals surface area contributed by atoms with Crippen LogP contribution in [0.15, 0.2) is 82.0 Å². The molecule has 1 aromatic heterocycles. The summed E-state index contributed by atoms with van der Waals surface area (Å²) in [6, 6.07) is 21.7. The lowest BCUT2D eigenvalue weighted by atomic mass is 10.1. The molecule has 4 aromatic rings. The van der Waals surface area contributed by atoms with Gasteiger partial charge in [-0.15, -0.1) is 0 Å². The molecule has 3 aromatic carbocycles. The Morgan fingerprint density at radius 3 is 2.44 bits per heavy atom. The van der Waals surface area contributed by atoms with Crippen molar-refractivity contribution in [1.82, 2.24) is 0 Å². The van der Waals surface area contributed by atoms with Crippen LogP contribution in [0.4, 0.5) is 0 Å². The summed E-state index contributed by atoms with van der Waals surface area (Å²) in [5.41, 5.74) is 2.48. The van der Waals surface area contributed by atoms with Gasteiger partial charge in [0.2, 0.25) is 11.2 Å². The molecule has 0 spiro atoms. The molecule has 0 fully saturated rings. The number of ether oxygens (including phenoxy) is 3. The number of rotatable bonds is 7. The molecule has 0 atom stereocenters. The number of benzene rings is 3. The van der Waals surface area contributed by atoms with E-state index in [0.717, 1.165) is 11.1 Å². The minimum Gasteiger partial charge on any atom is -0.497 e. The lowest BCUT2D eigenvalue weighted by Gasteiger charge is -2.12. The Labute approximate surface area is 185 Å². The van der Waals surface area contributed by atoms with Crippen molar-refractivity contribution in [2.75, 3.05) is 13.7 Å². The van der Waals surface area contributed by atoms with E-state index in [1.165, 1.54) is 0 Å². The maximum Gasteiger partial charge on any atom is 0.344 e. The molecule has 0 radical (unpaired) electrons. The van der Waals surface area contributed by atoms with Gasteiger partial charge in [-0.25, -0.2) is 4.79 Å². The van der Waals surface area contributed by atoms with Gasteiger partial charge in [-0.1, -0.05) is 42.0 Å². The molecule has 0 aliphatic rings. The minimum absolute atomic E-state index is 0.0371. The van der Waals surface area contributed by atoms with Crippen molar-refractivity contribution in [3.05, 3.63) is 94.1 Å². The van der Waals surface area contributed by atoms with Crippen molar-refractivity contribution in [1.29, 1.82) is 0 Å². The topological polar surface area (TPSA) is 75.0 Å². The van der Waals surface area contributed by atoms with Crippen molar-refractivity contribution in [3.63, 3.8) is 0 Å². The number of hydrogen-bond acceptors (Lipinski definition) is 6. The summed E-state index contributed by atoms with van der Waals surface area (Å²) in [7, 11) is 1.57. The molecule has 0 saturated heterocycles. The number of aryl methyl sites for hydroxylation is 1. The normalized spacial score (nSPS) is 10.7. The van der Waals surface area contributed by atoms with Crippen LogP contribution in [0.2, 0.25) is 0 Å². The molecule has 0 amide bonds. The maximum atomic E-state index is 13.2. The summed E-state index contributed by atoms with van der Waals surface area (Å²) < 4.78 is 22.2. The summed E-state index contributed by atoms with van der Waals surface area (Å²) in [4.78, 5) is 25.5. The van der Waals surface area contributed by atoms with E-state index >= 15 is 0 Å². The van der Waals surface area contributed by atoms with E-state index in [-0.39, 0.29) is 23.5 Å². The van der Waals surface area contributed by atoms with Gasteiger partial charge in [0.05, 0.1) is 12.5 Å². The van der Waals surface area contributed by atoms with Crippen molar-refractivity contribution in [3.8, 4) is 22.8 Å². The Bertz CT molecular complexity index is 1290. The zero-order valence-electron chi connectivity index (χ0n) is 17.8. The first-order valence-corrected chi connectivity index (χ1v) is 10.1. The fraction of sp³-hybridized carbons (Fsp3) is 0.154. The molecule has 0 unspecified atom stereocenters. The van der Waals surface area contributed by atoms with Crippen LogP contribution < -0.4 is 14.9 Å². The highest BCUT2D eigenvalue weighted by Gasteiger charge is 2.19. The summed E-state index contributed by atoms with van der Waals surface area (Å²) in [5.74, 6) is 0.285. The van der Waals surface area contributed by atoms with Crippen LogP contribution in [-0.2, 0) is 16.1 Å². The highest BCUT2D eigenvalue weighted by Crippen LogP contribution is 2.32. The Kier molecular flexibility index (Phi) is 6.22. The summed E-state index contributed by atoms with van der Waals surface area (Å²) in [6.45, 7) is 1.59. The second-order valence-electron chi connectivity index (χ2n) is 7.25. The van der Waals surface area contributed by atoms with E-state index < -0.39 is 12.6 Å². The maximum absolute atomic E-state index is 13.2. The van der Waals surface area contributed by atoms with Crippen LogP contribution in [0, 0.1) is 6.92 Å². The van der Waals surface area contributed by atoms with Crippen LogP contribution >= 0.6 is 0 Å². The van der Waals surface area contributed by atoms with Gasteiger partial charge in [0.1, 0.15) is 17.9 Å². The van der Waals surface area contributed by atoms with Gasteiger partial charge in [-0.2, -0.15) is 0 Å². The lowest BCUT2D eigenvalue weighted by Crippen LogP contribution is -2.19. The van der Waals surface area contributed by atoms with Crippen molar-refractivity contribution in [2.45, 2.75) is 13.5 Å². The predicted molar refractivity (Wildman–Crippen MR) is 121 cm³/mol. The summed E-state index contributed by atoms with van der Waals surface area (Å²) in [6.07, 6.45) is 0. The van der Waals surface area contributed by atoms with Gasteiger partial charge < -0.3 is 18.6 Å². The van der Waals surface area contributed by atoms with Gasteiger partial charge in [-0.05, 0) is 48.9 Å². The molecule has 32 heavy (non-hydrogen) atoms. The molecule has 6 heteroatoms. The molecule has 4 rings (SSSR count). The first-order chi connectivity index (χ1) is 15.5. The quantitative estimate of drug-likeness (QED) is 0.388. The minimum atomic E-state index is -0.585. The fourth-order valence-electron chi connectivity index (χ4n) is 3.27. The average molecular weight is 430 g/mol. The molecular formula is C26H22O6. The summed E-state index contributed by atoms with van der Waals surface area (Å²) >= 11 is 0. The zero-order valence-corrected chi connectivity index (χ0v) is 17.8. The van der Waals surface area contributed by atoms with Gasteiger partial charge in [0.25, 0.3) is 0 Å². The SMILES string of the molecule is COc1ccc(-c2oc3ccc(C)cc3c(=O)c2OCC(=O)OCc2ccccc2)cc1. The number of fused-ring (bicyclic) bond motifs is 1. The van der Waals surface area contributed by atoms with E-state index in [9.17, 15) is 9.59 Å². The second-order valence-corrected chi connectivity index (χ2v) is 7.25. The Hall–Kier alpha value is -4.06. The van der Waals surface area contributed by atoms with E-state index in [2.05, 4.69) is 0 Å². The number of esters is 1. The molecule has 0 N–H and O–H groups in total. The second kappa shape index (κ2) is 9.39. The molecule has 0 bridgehead atoms. The molecule has 0 saturated carbocycles. The van der Waals surface area contributed by atoms with E-state index in [1.54, 1.807) is 43.5 Å². The van der Waals surface area contributed by atoms with E-state index in [1.807, 2.05) is 43.3 Å². The van der Waals surface area contributed by atoms with Gasteiger partial charge in [-0.3, -0.25) is 4.79 Å². The zero-order chi connectivity index (χ0) is 22.5. The van der Waals surface area contributed by atoms with Gasteiger partial charge in [0, 0.05) is 5.56 Å². The van der Waals surface area contributed by atoms with Gasteiger partial charge >= 0.3 is 5.97 Å². The first kappa shape index (κ1) is 21.2. The monoisotopic (exact) mass is 430 g/mol. The molecular weight excluding hydrogens is 408 g/mol. The fourth-order valence-corrected chi connectivity index (χ4v) is 3.27. The highest BCUT2D eigenvalue weighted by molar-refractivity contribution is 5.83. The number of carbonyl (C=O) groups is 1. The molecule has 162 valence electrons. The van der Waals surface area contributed by atoms with Crippen molar-refractivity contribution >= 4 is 16.9 Å². The van der Waals surface area contributed by atoms with Crippen molar-refractivity contribution < 1.29 is 23.4 Å². The molecule has 1 heterocycles. The van der Waals surface area contributed by atoms with E-state index in [4.69, 9.17) is 18.6 Å². The van der Waals surface area contributed by atoms with Crippen LogP contribution in [0.1, 0.15) is 11.1 Å². The van der Waals surface area contributed by atoms with Crippen LogP contribution in [0.5, 0.6) is 11.5 Å². The first-order valence-electron chi connectivity index (χ1n) is 10.1. The number of methoxy groups -OCH3 is 1. The standard InChI is InChI=1S/C26H22O6/c1-17-8-13-22-21(14-17)24(28)26(25(32-22)19-9-11-20(29-2)12-10-19)31-16-23(27)30-15-18-6-4-3-5-7-18/h3-14H,15-16H2,1-2H3. The lowest BCUT2D eigenvalue weighted by molar-refractivity contribution is -0.147. The van der Waals surface area contributed by atoms with Gasteiger partial charge in [0.15, 0.2) is 12.4 Å². The van der Waals surface area contributed by atoms with Crippen LogP contribution in [-0.4, -0.2) is 19.7 Å². The smallest absolute Gasteiger partial charge is 0.344 e. The Balaban J connectivity index is 1.64.